The van der Waals surface area contributed by atoms with Crippen LogP contribution in [0.3, 0.4) is 0 Å². The van der Waals surface area contributed by atoms with Gasteiger partial charge in [0.1, 0.15) is 19.1 Å². The Morgan fingerprint density at radius 1 is 0.688 bits per heavy atom. The van der Waals surface area contributed by atoms with Crippen molar-refractivity contribution in [2.24, 2.45) is 0 Å². The van der Waals surface area contributed by atoms with E-state index in [0.29, 0.717) is 38.5 Å². The van der Waals surface area contributed by atoms with Crippen molar-refractivity contribution in [3.05, 3.63) is 131 Å². The van der Waals surface area contributed by atoms with Crippen LogP contribution >= 0.6 is 0 Å². The minimum atomic E-state index is -1.71. The van der Waals surface area contributed by atoms with E-state index in [0.717, 1.165) is 0 Å². The summed E-state index contributed by atoms with van der Waals surface area (Å²) in [6, 6.07) is 29.9. The van der Waals surface area contributed by atoms with Crippen LogP contribution in [-0.4, -0.2) is 63.9 Å². The van der Waals surface area contributed by atoms with Gasteiger partial charge in [-0.3, -0.25) is 4.18 Å². The van der Waals surface area contributed by atoms with Gasteiger partial charge in [-0.2, -0.15) is 0 Å². The number of benzene rings is 4. The summed E-state index contributed by atoms with van der Waals surface area (Å²) in [7, 11) is 1.31. The predicted molar refractivity (Wildman–Crippen MR) is 179 cm³/mol. The van der Waals surface area contributed by atoms with Crippen LogP contribution in [0.1, 0.15) is 22.3 Å². The standard InChI is InChI=1S/C35H32O10S2.Na/c1-42-47(41)29-19-15-25(16-20-29)31(32(34(37)38)26-9-5-3-6-10-26)22-44-35(39)33(27-11-7-4-8-12-27)30(21-43-23-36)24-13-17-28(18-14-24)45-46(2)40;/h3-20,36H,21-23H2,1-2H3,(H,37,38);/q;+1/b32-31+,33-30+;. The van der Waals surface area contributed by atoms with Crippen molar-refractivity contribution in [3.8, 4) is 5.75 Å². The topological polar surface area (TPSA) is 146 Å². The van der Waals surface area contributed by atoms with Crippen LogP contribution in [0.4, 0.5) is 0 Å². The number of hydrogen-bond donors (Lipinski definition) is 2. The molecule has 2 atom stereocenters. The fourth-order valence-corrected chi connectivity index (χ4v) is 5.65. The number of carbonyl (C=O) groups excluding carboxylic acids is 1. The first-order valence-corrected chi connectivity index (χ1v) is 16.6. The van der Waals surface area contributed by atoms with Gasteiger partial charge in [0.25, 0.3) is 0 Å². The van der Waals surface area contributed by atoms with E-state index >= 15 is 0 Å². The summed E-state index contributed by atoms with van der Waals surface area (Å²) in [6.45, 7) is -1.24. The van der Waals surface area contributed by atoms with Gasteiger partial charge in [-0.05, 0) is 46.5 Å². The van der Waals surface area contributed by atoms with Gasteiger partial charge in [-0.1, -0.05) is 84.9 Å². The number of carbonyl (C=O) groups is 2. The number of aliphatic hydroxyl groups is 1. The SMILES string of the molecule is COS(=O)c1ccc(/C(COC(=O)/C(=C(\COCO)c2ccc(OS(C)=O)cc2)c2ccccc2)=C(/C(=O)O)c2ccccc2)cc1.[Na+]. The second kappa shape index (κ2) is 19.3. The minimum absolute atomic E-state index is 0. The Balaban J connectivity index is 0.00000625. The average Bonchev–Trinajstić information content (AvgIpc) is 3.08. The Hall–Kier alpha value is -3.72. The van der Waals surface area contributed by atoms with E-state index in [4.69, 9.17) is 17.8 Å². The first-order chi connectivity index (χ1) is 22.7. The number of esters is 1. The average molecular weight is 700 g/mol. The molecule has 4 aromatic rings. The fourth-order valence-electron chi connectivity index (χ4n) is 4.72. The molecule has 0 aliphatic carbocycles. The second-order valence-corrected chi connectivity index (χ2v) is 12.0. The van der Waals surface area contributed by atoms with E-state index in [1.807, 2.05) is 0 Å². The summed E-state index contributed by atoms with van der Waals surface area (Å²) >= 11 is -3.26. The van der Waals surface area contributed by atoms with Gasteiger partial charge in [0.15, 0.2) is 11.1 Å². The normalized spacial score (nSPS) is 13.2. The number of hydrogen-bond acceptors (Lipinski definition) is 9. The molecule has 0 amide bonds. The molecular weight excluding hydrogens is 667 g/mol. The van der Waals surface area contributed by atoms with E-state index in [2.05, 4.69) is 0 Å². The maximum Gasteiger partial charge on any atom is 1.00 e. The molecule has 48 heavy (non-hydrogen) atoms. The molecule has 0 fully saturated rings. The van der Waals surface area contributed by atoms with Crippen LogP contribution < -0.4 is 33.7 Å². The Bertz CT molecular complexity index is 1790. The molecule has 13 heteroatoms. The van der Waals surface area contributed by atoms with E-state index in [-0.39, 0.29) is 52.9 Å². The summed E-state index contributed by atoms with van der Waals surface area (Å²) in [5.74, 6) is -1.67. The van der Waals surface area contributed by atoms with Crippen molar-refractivity contribution in [2.45, 2.75) is 4.90 Å². The summed E-state index contributed by atoms with van der Waals surface area (Å²) in [4.78, 5) is 27.2. The van der Waals surface area contributed by atoms with E-state index < -0.39 is 47.5 Å². The van der Waals surface area contributed by atoms with E-state index in [9.17, 15) is 28.2 Å². The van der Waals surface area contributed by atoms with Crippen molar-refractivity contribution < 1.29 is 75.6 Å². The third kappa shape index (κ3) is 10.4. The number of rotatable bonds is 15. The van der Waals surface area contributed by atoms with Crippen LogP contribution in [0.15, 0.2) is 114 Å². The third-order valence-corrected chi connectivity index (χ3v) is 8.18. The Morgan fingerprint density at radius 3 is 1.67 bits per heavy atom. The zero-order chi connectivity index (χ0) is 33.8. The van der Waals surface area contributed by atoms with Gasteiger partial charge in [0.2, 0.25) is 11.1 Å². The van der Waals surface area contributed by atoms with E-state index in [1.165, 1.54) is 13.4 Å². The van der Waals surface area contributed by atoms with Gasteiger partial charge >= 0.3 is 41.5 Å². The summed E-state index contributed by atoms with van der Waals surface area (Å²) < 4.78 is 45.1. The summed E-state index contributed by atoms with van der Waals surface area (Å²) in [5, 5.41) is 19.8. The molecule has 0 aromatic heterocycles. The molecule has 4 rings (SSSR count). The number of aliphatic hydroxyl groups excluding tert-OH is 1. The van der Waals surface area contributed by atoms with Crippen LogP contribution in [-0.2, 0) is 45.4 Å². The van der Waals surface area contributed by atoms with Gasteiger partial charge in [0.05, 0.1) is 29.8 Å². The minimum Gasteiger partial charge on any atom is -0.478 e. The van der Waals surface area contributed by atoms with Crippen LogP contribution in [0.2, 0.25) is 0 Å². The molecule has 0 spiro atoms. The molecular formula is C35H32NaO10S2+. The number of carboxylic acids is 1. The Kier molecular flexibility index (Phi) is 15.6. The molecule has 0 heterocycles. The third-order valence-electron chi connectivity index (χ3n) is 6.79. The molecule has 10 nitrogen and oxygen atoms in total. The van der Waals surface area contributed by atoms with Crippen LogP contribution in [0.5, 0.6) is 5.75 Å². The monoisotopic (exact) mass is 699 g/mol. The number of ether oxygens (including phenoxy) is 2. The smallest absolute Gasteiger partial charge is 0.478 e. The number of aliphatic carboxylic acids is 1. The molecule has 0 bridgehead atoms. The molecule has 0 aliphatic rings. The number of carboxylic acid groups (broad SMARTS) is 1. The molecule has 0 aliphatic heterocycles. The van der Waals surface area contributed by atoms with Crippen molar-refractivity contribution in [1.82, 2.24) is 0 Å². The largest absolute Gasteiger partial charge is 1.00 e. The van der Waals surface area contributed by atoms with Gasteiger partial charge in [0, 0.05) is 17.4 Å². The first-order valence-electron chi connectivity index (χ1n) is 14.1. The molecule has 2 unspecified atom stereocenters. The molecule has 244 valence electrons. The molecule has 0 radical (unpaired) electrons. The molecule has 0 saturated carbocycles. The van der Waals surface area contributed by atoms with Crippen molar-refractivity contribution in [3.63, 3.8) is 0 Å². The Morgan fingerprint density at radius 2 is 1.19 bits per heavy atom. The van der Waals surface area contributed by atoms with Crippen molar-refractivity contribution >= 4 is 56.4 Å². The maximum atomic E-state index is 14.1. The quantitative estimate of drug-likeness (QED) is 0.0623. The van der Waals surface area contributed by atoms with E-state index in [1.54, 1.807) is 109 Å². The first kappa shape index (κ1) is 38.7. The molecule has 2 N–H and O–H groups in total. The summed E-state index contributed by atoms with van der Waals surface area (Å²) in [6.07, 6.45) is 1.39. The van der Waals surface area contributed by atoms with Gasteiger partial charge < -0.3 is 23.9 Å². The second-order valence-electron chi connectivity index (χ2n) is 9.73. The zero-order valence-electron chi connectivity index (χ0n) is 26.5. The maximum absolute atomic E-state index is 14.1. The molecule has 0 saturated heterocycles. The van der Waals surface area contributed by atoms with Gasteiger partial charge in [-0.15, -0.1) is 0 Å². The van der Waals surface area contributed by atoms with Crippen molar-refractivity contribution in [2.75, 3.05) is 33.4 Å². The predicted octanol–water partition coefficient (Wildman–Crippen LogP) is 2.15. The zero-order valence-corrected chi connectivity index (χ0v) is 30.1. The van der Waals surface area contributed by atoms with Gasteiger partial charge in [-0.25, -0.2) is 18.0 Å². The van der Waals surface area contributed by atoms with Crippen LogP contribution in [0.25, 0.3) is 22.3 Å². The fraction of sp³-hybridized carbons (Fsp3) is 0.143. The molecule has 4 aromatic carbocycles. The Labute approximate surface area is 305 Å². The van der Waals surface area contributed by atoms with Crippen LogP contribution in [0, 0.1) is 0 Å². The summed E-state index contributed by atoms with van der Waals surface area (Å²) in [5.41, 5.74) is 2.44. The van der Waals surface area contributed by atoms with Crippen molar-refractivity contribution in [1.29, 1.82) is 0 Å².